The van der Waals surface area contributed by atoms with E-state index in [2.05, 4.69) is 9.97 Å². The highest BCUT2D eigenvalue weighted by Crippen LogP contribution is 2.32. The van der Waals surface area contributed by atoms with Crippen molar-refractivity contribution in [2.24, 2.45) is 11.8 Å². The second-order valence-corrected chi connectivity index (χ2v) is 8.93. The number of hydrogen-bond acceptors (Lipinski definition) is 6. The Kier molecular flexibility index (Phi) is 6.41. The van der Waals surface area contributed by atoms with Gasteiger partial charge in [-0.2, -0.15) is 0 Å². The van der Waals surface area contributed by atoms with E-state index in [-0.39, 0.29) is 48.3 Å². The molecule has 3 heterocycles. The summed E-state index contributed by atoms with van der Waals surface area (Å²) in [7, 11) is 1.80. The lowest BCUT2D eigenvalue weighted by atomic mass is 9.99. The molecule has 1 N–H and O–H groups in total. The number of ether oxygens (including phenoxy) is 1. The highest BCUT2D eigenvalue weighted by atomic mass is 16.5. The van der Waals surface area contributed by atoms with Crippen molar-refractivity contribution in [1.82, 2.24) is 19.8 Å². The second kappa shape index (κ2) is 9.24. The molecule has 2 aromatic heterocycles. The number of nitrogens with zero attached hydrogens (tertiary/aromatic N) is 4. The Morgan fingerprint density at radius 2 is 2.03 bits per heavy atom. The first-order chi connectivity index (χ1) is 15.4. The van der Waals surface area contributed by atoms with E-state index < -0.39 is 0 Å². The molecule has 0 radical (unpaired) electrons. The maximum atomic E-state index is 13.5. The van der Waals surface area contributed by atoms with Gasteiger partial charge in [0.25, 0.3) is 5.91 Å². The minimum Gasteiger partial charge on any atom is -0.472 e. The Morgan fingerprint density at radius 1 is 1.31 bits per heavy atom. The van der Waals surface area contributed by atoms with Crippen molar-refractivity contribution in [3.63, 3.8) is 0 Å². The van der Waals surface area contributed by atoms with Gasteiger partial charge < -0.3 is 19.6 Å². The number of amides is 2. The van der Waals surface area contributed by atoms with Gasteiger partial charge in [0.1, 0.15) is 11.7 Å². The van der Waals surface area contributed by atoms with Crippen LogP contribution in [0.1, 0.15) is 37.0 Å². The SMILES string of the molecule is C[C@H]1CN([C@@H](C)CO)C(=O)c2cc(-c3ccncc3)cnc2O[C@@H]1CN(C)C(=O)C1CC1. The molecule has 2 amide bonds. The predicted octanol–water partition coefficient (Wildman–Crippen LogP) is 2.23. The lowest BCUT2D eigenvalue weighted by Crippen LogP contribution is -2.50. The molecule has 8 nitrogen and oxygen atoms in total. The van der Waals surface area contributed by atoms with E-state index in [4.69, 9.17) is 4.74 Å². The van der Waals surface area contributed by atoms with Crippen molar-refractivity contribution in [3.8, 4) is 17.0 Å². The summed E-state index contributed by atoms with van der Waals surface area (Å²) < 4.78 is 6.27. The number of pyridine rings is 2. The molecule has 0 saturated heterocycles. The zero-order chi connectivity index (χ0) is 22.8. The van der Waals surface area contributed by atoms with Crippen LogP contribution in [0.4, 0.5) is 0 Å². The Hall–Kier alpha value is -3.00. The number of carbonyl (C=O) groups is 2. The van der Waals surface area contributed by atoms with Crippen LogP contribution in [-0.4, -0.2) is 75.6 Å². The lowest BCUT2D eigenvalue weighted by Gasteiger charge is -2.37. The normalized spacial score (nSPS) is 21.8. The zero-order valence-corrected chi connectivity index (χ0v) is 18.8. The number of aliphatic hydroxyl groups excluding tert-OH is 1. The monoisotopic (exact) mass is 438 g/mol. The van der Waals surface area contributed by atoms with Crippen molar-refractivity contribution in [2.45, 2.75) is 38.8 Å². The molecule has 0 bridgehead atoms. The maximum absolute atomic E-state index is 13.5. The smallest absolute Gasteiger partial charge is 0.259 e. The fourth-order valence-corrected chi connectivity index (χ4v) is 4.02. The maximum Gasteiger partial charge on any atom is 0.259 e. The van der Waals surface area contributed by atoms with Crippen molar-refractivity contribution in [3.05, 3.63) is 42.4 Å². The summed E-state index contributed by atoms with van der Waals surface area (Å²) in [5, 5.41) is 9.79. The molecule has 170 valence electrons. The number of rotatable bonds is 6. The molecular formula is C24H30N4O4. The standard InChI is InChI=1S/C24H30N4O4/c1-15-12-28(16(2)14-29)24(31)20-10-19(17-6-8-25-9-7-17)11-26-22(20)32-21(15)13-27(3)23(30)18-4-5-18/h6-11,15-16,18,21,29H,4-5,12-14H2,1-3H3/t15-,16-,21+/m0/s1. The van der Waals surface area contributed by atoms with Crippen LogP contribution in [0.3, 0.4) is 0 Å². The van der Waals surface area contributed by atoms with Gasteiger partial charge in [0.05, 0.1) is 19.2 Å². The number of hydrogen-bond donors (Lipinski definition) is 1. The lowest BCUT2D eigenvalue weighted by molar-refractivity contribution is -0.132. The van der Waals surface area contributed by atoms with Crippen molar-refractivity contribution >= 4 is 11.8 Å². The first-order valence-corrected chi connectivity index (χ1v) is 11.1. The molecule has 8 heteroatoms. The van der Waals surface area contributed by atoms with Gasteiger partial charge in [0.2, 0.25) is 11.8 Å². The molecule has 2 aromatic rings. The Morgan fingerprint density at radius 3 is 2.69 bits per heavy atom. The molecule has 2 aliphatic rings. The van der Waals surface area contributed by atoms with E-state index in [0.717, 1.165) is 24.0 Å². The van der Waals surface area contributed by atoms with Crippen molar-refractivity contribution in [1.29, 1.82) is 0 Å². The van der Waals surface area contributed by atoms with Gasteiger partial charge in [0, 0.05) is 49.6 Å². The van der Waals surface area contributed by atoms with Crippen LogP contribution in [0.2, 0.25) is 0 Å². The minimum atomic E-state index is -0.355. The minimum absolute atomic E-state index is 0.0581. The van der Waals surface area contributed by atoms with Gasteiger partial charge in [-0.1, -0.05) is 6.92 Å². The topological polar surface area (TPSA) is 95.9 Å². The molecule has 0 unspecified atom stereocenters. The molecule has 4 rings (SSSR count). The average Bonchev–Trinajstić information content (AvgIpc) is 3.66. The predicted molar refractivity (Wildman–Crippen MR) is 119 cm³/mol. The van der Waals surface area contributed by atoms with Crippen LogP contribution in [0.5, 0.6) is 5.88 Å². The molecule has 1 saturated carbocycles. The third-order valence-corrected chi connectivity index (χ3v) is 6.29. The van der Waals surface area contributed by atoms with Gasteiger partial charge in [-0.15, -0.1) is 0 Å². The quantitative estimate of drug-likeness (QED) is 0.743. The third kappa shape index (κ3) is 4.60. The summed E-state index contributed by atoms with van der Waals surface area (Å²) >= 11 is 0. The van der Waals surface area contributed by atoms with Gasteiger partial charge in [-0.05, 0) is 43.5 Å². The fourth-order valence-electron chi connectivity index (χ4n) is 4.02. The first kappa shape index (κ1) is 22.2. The summed E-state index contributed by atoms with van der Waals surface area (Å²) in [4.78, 5) is 37.9. The molecule has 32 heavy (non-hydrogen) atoms. The van der Waals surface area contributed by atoms with Crippen LogP contribution in [0, 0.1) is 11.8 Å². The average molecular weight is 439 g/mol. The van der Waals surface area contributed by atoms with Crippen molar-refractivity contribution < 1.29 is 19.4 Å². The van der Waals surface area contributed by atoms with Gasteiger partial charge in [-0.3, -0.25) is 14.6 Å². The van der Waals surface area contributed by atoms with Gasteiger partial charge in [-0.25, -0.2) is 4.98 Å². The van der Waals surface area contributed by atoms with E-state index in [1.807, 2.05) is 26.0 Å². The van der Waals surface area contributed by atoms with E-state index >= 15 is 0 Å². The molecule has 3 atom stereocenters. The molecule has 0 spiro atoms. The van der Waals surface area contributed by atoms with Crippen LogP contribution >= 0.6 is 0 Å². The Bertz CT molecular complexity index is 979. The highest BCUT2D eigenvalue weighted by molar-refractivity contribution is 5.98. The first-order valence-electron chi connectivity index (χ1n) is 11.1. The summed E-state index contributed by atoms with van der Waals surface area (Å²) in [5.74, 6) is 0.243. The summed E-state index contributed by atoms with van der Waals surface area (Å²) in [5.41, 5.74) is 2.03. The Labute approximate surface area is 188 Å². The number of carbonyl (C=O) groups excluding carboxylic acids is 2. The zero-order valence-electron chi connectivity index (χ0n) is 18.8. The second-order valence-electron chi connectivity index (χ2n) is 8.93. The van der Waals surface area contributed by atoms with Crippen LogP contribution in [0.25, 0.3) is 11.1 Å². The van der Waals surface area contributed by atoms with Gasteiger partial charge >= 0.3 is 0 Å². The molecule has 1 aliphatic heterocycles. The van der Waals surface area contributed by atoms with Gasteiger partial charge in [0.15, 0.2) is 0 Å². The highest BCUT2D eigenvalue weighted by Gasteiger charge is 2.37. The molecule has 0 aromatic carbocycles. The van der Waals surface area contributed by atoms with E-state index in [1.54, 1.807) is 41.5 Å². The summed E-state index contributed by atoms with van der Waals surface area (Å²) in [6.45, 7) is 4.51. The third-order valence-electron chi connectivity index (χ3n) is 6.29. The summed E-state index contributed by atoms with van der Waals surface area (Å²) in [6, 6.07) is 5.14. The van der Waals surface area contributed by atoms with Crippen molar-refractivity contribution in [2.75, 3.05) is 26.7 Å². The number of fused-ring (bicyclic) bond motifs is 1. The Balaban J connectivity index is 1.69. The number of likely N-dealkylation sites (N-methyl/N-ethyl adjacent to an activating group) is 1. The van der Waals surface area contributed by atoms with E-state index in [1.165, 1.54) is 0 Å². The number of aliphatic hydroxyl groups is 1. The fraction of sp³-hybridized carbons (Fsp3) is 0.500. The van der Waals surface area contributed by atoms with Crippen LogP contribution < -0.4 is 4.74 Å². The number of aromatic nitrogens is 2. The molecular weight excluding hydrogens is 408 g/mol. The molecule has 1 aliphatic carbocycles. The van der Waals surface area contributed by atoms with Crippen LogP contribution in [-0.2, 0) is 4.79 Å². The molecule has 1 fully saturated rings. The van der Waals surface area contributed by atoms with E-state index in [9.17, 15) is 14.7 Å². The van der Waals surface area contributed by atoms with E-state index in [0.29, 0.717) is 18.7 Å². The summed E-state index contributed by atoms with van der Waals surface area (Å²) in [6.07, 6.45) is 6.63. The van der Waals surface area contributed by atoms with Crippen LogP contribution in [0.15, 0.2) is 36.8 Å². The largest absolute Gasteiger partial charge is 0.472 e.